The first kappa shape index (κ1) is 15.6. The van der Waals surface area contributed by atoms with Crippen molar-refractivity contribution in [1.29, 1.82) is 0 Å². The number of hydrogen-bond donors (Lipinski definition) is 4. The van der Waals surface area contributed by atoms with E-state index in [2.05, 4.69) is 10.6 Å². The van der Waals surface area contributed by atoms with E-state index in [4.69, 9.17) is 10.8 Å². The van der Waals surface area contributed by atoms with Crippen LogP contribution in [-0.4, -0.2) is 36.0 Å². The summed E-state index contributed by atoms with van der Waals surface area (Å²) in [5.41, 5.74) is 7.10. The lowest BCUT2D eigenvalue weighted by molar-refractivity contribution is -0.138. The number of carboxylic acids is 1. The number of carboxylic acid groups (broad SMARTS) is 1. The first-order chi connectivity index (χ1) is 9.35. The third-order valence-electron chi connectivity index (χ3n) is 2.70. The van der Waals surface area contributed by atoms with Crippen molar-refractivity contribution in [3.05, 3.63) is 29.3 Å². The predicted molar refractivity (Wildman–Crippen MR) is 73.4 cm³/mol. The number of carbonyl (C=O) groups excluding carboxylic acids is 2. The second kappa shape index (κ2) is 6.67. The van der Waals surface area contributed by atoms with Gasteiger partial charge in [0.25, 0.3) is 5.91 Å². The number of benzene rings is 1. The molecule has 0 saturated carbocycles. The van der Waals surface area contributed by atoms with E-state index in [9.17, 15) is 14.4 Å². The van der Waals surface area contributed by atoms with E-state index in [1.807, 2.05) is 0 Å². The lowest BCUT2D eigenvalue weighted by Gasteiger charge is -2.13. The zero-order valence-corrected chi connectivity index (χ0v) is 11.3. The van der Waals surface area contributed by atoms with Gasteiger partial charge in [0, 0.05) is 18.3 Å². The molecule has 2 amide bonds. The molecule has 0 aliphatic carbocycles. The Labute approximate surface area is 116 Å². The minimum atomic E-state index is -1.14. The fraction of sp³-hybridized carbons (Fsp3) is 0.308. The van der Waals surface area contributed by atoms with E-state index in [1.165, 1.54) is 7.05 Å². The fourth-order valence-corrected chi connectivity index (χ4v) is 1.60. The minimum Gasteiger partial charge on any atom is -0.481 e. The van der Waals surface area contributed by atoms with Crippen molar-refractivity contribution < 1.29 is 19.5 Å². The third-order valence-corrected chi connectivity index (χ3v) is 2.70. The quantitative estimate of drug-likeness (QED) is 0.608. The first-order valence-corrected chi connectivity index (χ1v) is 5.96. The van der Waals surface area contributed by atoms with Crippen molar-refractivity contribution in [2.45, 2.75) is 19.4 Å². The Kier molecular flexibility index (Phi) is 5.22. The number of aliphatic carboxylic acids is 1. The van der Waals surface area contributed by atoms with E-state index < -0.39 is 24.3 Å². The highest BCUT2D eigenvalue weighted by molar-refractivity contribution is 5.98. The van der Waals surface area contributed by atoms with Crippen LogP contribution in [0.3, 0.4) is 0 Å². The second-order valence-electron chi connectivity index (χ2n) is 4.30. The molecule has 0 heterocycles. The van der Waals surface area contributed by atoms with Gasteiger partial charge in [-0.15, -0.1) is 0 Å². The SMILES string of the molecule is CNC(=O)c1ccc(NC(=O)C(N)CC(=O)O)c(C)c1. The average molecular weight is 279 g/mol. The zero-order valence-electron chi connectivity index (χ0n) is 11.3. The van der Waals surface area contributed by atoms with E-state index >= 15 is 0 Å². The molecule has 1 rings (SSSR count). The number of nitrogens with one attached hydrogen (secondary N) is 2. The van der Waals surface area contributed by atoms with Gasteiger partial charge in [0.2, 0.25) is 5.91 Å². The highest BCUT2D eigenvalue weighted by Gasteiger charge is 2.18. The molecule has 0 bridgehead atoms. The molecule has 7 nitrogen and oxygen atoms in total. The average Bonchev–Trinajstić information content (AvgIpc) is 2.39. The third kappa shape index (κ3) is 4.06. The molecule has 1 unspecified atom stereocenters. The maximum Gasteiger partial charge on any atom is 0.305 e. The van der Waals surface area contributed by atoms with Crippen molar-refractivity contribution >= 4 is 23.5 Å². The van der Waals surface area contributed by atoms with Gasteiger partial charge in [0.15, 0.2) is 0 Å². The Bertz CT molecular complexity index is 542. The van der Waals surface area contributed by atoms with Crippen LogP contribution >= 0.6 is 0 Å². The van der Waals surface area contributed by atoms with Gasteiger partial charge in [-0.05, 0) is 30.7 Å². The molecule has 20 heavy (non-hydrogen) atoms. The van der Waals surface area contributed by atoms with Gasteiger partial charge < -0.3 is 21.5 Å². The van der Waals surface area contributed by atoms with E-state index in [-0.39, 0.29) is 5.91 Å². The molecule has 0 aliphatic rings. The van der Waals surface area contributed by atoms with Gasteiger partial charge in [-0.3, -0.25) is 14.4 Å². The summed E-state index contributed by atoms with van der Waals surface area (Å²) in [6.07, 6.45) is -0.443. The predicted octanol–water partition coefficient (Wildman–Crippen LogP) is 0.0951. The van der Waals surface area contributed by atoms with Gasteiger partial charge in [0.1, 0.15) is 0 Å². The van der Waals surface area contributed by atoms with Crippen LogP contribution < -0.4 is 16.4 Å². The summed E-state index contributed by atoms with van der Waals surface area (Å²) in [5.74, 6) is -1.95. The van der Waals surface area contributed by atoms with Crippen LogP contribution in [0.15, 0.2) is 18.2 Å². The Hall–Kier alpha value is -2.41. The van der Waals surface area contributed by atoms with Gasteiger partial charge in [0.05, 0.1) is 12.5 Å². The standard InChI is InChI=1S/C13H17N3O4/c1-7-5-8(12(19)15-2)3-4-10(7)16-13(20)9(14)6-11(17)18/h3-5,9H,6,14H2,1-2H3,(H,15,19)(H,16,20)(H,17,18). The molecule has 108 valence electrons. The fourth-order valence-electron chi connectivity index (χ4n) is 1.60. The molecule has 0 aliphatic heterocycles. The number of hydrogen-bond acceptors (Lipinski definition) is 4. The second-order valence-corrected chi connectivity index (χ2v) is 4.30. The van der Waals surface area contributed by atoms with Crippen LogP contribution in [0.2, 0.25) is 0 Å². The van der Waals surface area contributed by atoms with Crippen molar-refractivity contribution in [2.75, 3.05) is 12.4 Å². The summed E-state index contributed by atoms with van der Waals surface area (Å²) in [5, 5.41) is 13.6. The Morgan fingerprint density at radius 2 is 2.00 bits per heavy atom. The van der Waals surface area contributed by atoms with Crippen LogP contribution in [0.1, 0.15) is 22.3 Å². The summed E-state index contributed by atoms with van der Waals surface area (Å²) in [6.45, 7) is 1.73. The number of nitrogens with two attached hydrogens (primary N) is 1. The van der Waals surface area contributed by atoms with Crippen molar-refractivity contribution in [3.63, 3.8) is 0 Å². The first-order valence-electron chi connectivity index (χ1n) is 5.96. The van der Waals surface area contributed by atoms with E-state index in [0.717, 1.165) is 0 Å². The molecule has 0 saturated heterocycles. The molecule has 5 N–H and O–H groups in total. The molecule has 1 aromatic rings. The minimum absolute atomic E-state index is 0.228. The van der Waals surface area contributed by atoms with Crippen LogP contribution in [0, 0.1) is 6.92 Å². The molecule has 0 radical (unpaired) electrons. The normalized spacial score (nSPS) is 11.6. The van der Waals surface area contributed by atoms with Crippen LogP contribution in [-0.2, 0) is 9.59 Å². The van der Waals surface area contributed by atoms with Crippen LogP contribution in [0.4, 0.5) is 5.69 Å². The Balaban J connectivity index is 2.81. The number of amides is 2. The summed E-state index contributed by atoms with van der Waals surface area (Å²) >= 11 is 0. The number of anilines is 1. The lowest BCUT2D eigenvalue weighted by atomic mass is 10.1. The van der Waals surface area contributed by atoms with Gasteiger partial charge >= 0.3 is 5.97 Å². The number of rotatable bonds is 5. The Morgan fingerprint density at radius 1 is 1.35 bits per heavy atom. The summed E-state index contributed by atoms with van der Waals surface area (Å²) in [4.78, 5) is 33.6. The van der Waals surface area contributed by atoms with E-state index in [0.29, 0.717) is 16.8 Å². The highest BCUT2D eigenvalue weighted by Crippen LogP contribution is 2.17. The summed E-state index contributed by atoms with van der Waals surface area (Å²) < 4.78 is 0. The molecule has 7 heteroatoms. The maximum absolute atomic E-state index is 11.7. The zero-order chi connectivity index (χ0) is 15.3. The van der Waals surface area contributed by atoms with Gasteiger partial charge in [-0.2, -0.15) is 0 Å². The monoisotopic (exact) mass is 279 g/mol. The Morgan fingerprint density at radius 3 is 2.50 bits per heavy atom. The van der Waals surface area contributed by atoms with Gasteiger partial charge in [-0.1, -0.05) is 0 Å². The van der Waals surface area contributed by atoms with Crippen molar-refractivity contribution in [3.8, 4) is 0 Å². The summed E-state index contributed by atoms with van der Waals surface area (Å²) in [6, 6.07) is 3.64. The number of aryl methyl sites for hydroxylation is 1. The topological polar surface area (TPSA) is 122 Å². The molecule has 1 atom stereocenters. The van der Waals surface area contributed by atoms with Crippen molar-refractivity contribution in [2.24, 2.45) is 5.73 Å². The molecule has 0 fully saturated rings. The highest BCUT2D eigenvalue weighted by atomic mass is 16.4. The molecule has 0 aromatic heterocycles. The van der Waals surface area contributed by atoms with Gasteiger partial charge in [-0.25, -0.2) is 0 Å². The van der Waals surface area contributed by atoms with Crippen LogP contribution in [0.5, 0.6) is 0 Å². The molecule has 0 spiro atoms. The largest absolute Gasteiger partial charge is 0.481 e. The maximum atomic E-state index is 11.7. The molecular weight excluding hydrogens is 262 g/mol. The summed E-state index contributed by atoms with van der Waals surface area (Å²) in [7, 11) is 1.53. The molecular formula is C13H17N3O4. The van der Waals surface area contributed by atoms with Crippen molar-refractivity contribution in [1.82, 2.24) is 5.32 Å². The van der Waals surface area contributed by atoms with Crippen LogP contribution in [0.25, 0.3) is 0 Å². The number of carbonyl (C=O) groups is 3. The van der Waals surface area contributed by atoms with E-state index in [1.54, 1.807) is 25.1 Å². The molecule has 1 aromatic carbocycles. The smallest absolute Gasteiger partial charge is 0.305 e. The lowest BCUT2D eigenvalue weighted by Crippen LogP contribution is -2.37.